The first-order valence-corrected chi connectivity index (χ1v) is 5.03. The van der Waals surface area contributed by atoms with Crippen molar-refractivity contribution in [2.75, 3.05) is 6.61 Å². The van der Waals surface area contributed by atoms with Crippen molar-refractivity contribution in [1.82, 2.24) is 0 Å². The fraction of sp³-hybridized carbons (Fsp3) is 1.00. The number of rotatable bonds is 7. The fourth-order valence-corrected chi connectivity index (χ4v) is 0.886. The van der Waals surface area contributed by atoms with Crippen molar-refractivity contribution in [3.63, 3.8) is 0 Å². The van der Waals surface area contributed by atoms with Gasteiger partial charge in [0, 0.05) is 0 Å². The van der Waals surface area contributed by atoms with Crippen LogP contribution in [0.3, 0.4) is 0 Å². The number of hydrogen-bond donors (Lipinski definition) is 0. The molecule has 11 heteroatoms. The minimum atomic E-state index is -6.30. The molecule has 0 aliphatic carbocycles. The third-order valence-electron chi connectivity index (χ3n) is 2.29. The maximum absolute atomic E-state index is 12.9. The van der Waals surface area contributed by atoms with Crippen LogP contribution in [0.4, 0.5) is 43.9 Å². The van der Waals surface area contributed by atoms with E-state index in [1.54, 1.807) is 0 Å². The lowest BCUT2D eigenvalue weighted by Crippen LogP contribution is -2.60. The second kappa shape index (κ2) is 5.57. The normalized spacial score (nSPS) is 18.0. The van der Waals surface area contributed by atoms with Gasteiger partial charge in [0.15, 0.2) is 12.3 Å². The zero-order valence-corrected chi connectivity index (χ0v) is 10.0. The van der Waals surface area contributed by atoms with E-state index in [1.807, 2.05) is 0 Å². The minimum Gasteiger partial charge on any atom is -0.312 e. The van der Waals surface area contributed by atoms with Crippen molar-refractivity contribution in [1.29, 1.82) is 0 Å². The molecule has 0 saturated carbocycles. The van der Waals surface area contributed by atoms with Crippen LogP contribution in [0.2, 0.25) is 0 Å². The monoisotopic (exact) mass is 324 g/mol. The Morgan fingerprint density at radius 3 is 1.50 bits per heavy atom. The SMILES string of the molecule is CC(F)C(F)(F)OCC(F)(F)C(F)(F)C(F)(F)C(C)F. The van der Waals surface area contributed by atoms with Gasteiger partial charge >= 0.3 is 23.9 Å². The molecular formula is C9H10F10O. The zero-order chi connectivity index (χ0) is 16.6. The van der Waals surface area contributed by atoms with E-state index in [2.05, 4.69) is 4.74 Å². The van der Waals surface area contributed by atoms with Gasteiger partial charge in [-0.1, -0.05) is 0 Å². The molecule has 0 aliphatic rings. The van der Waals surface area contributed by atoms with E-state index >= 15 is 0 Å². The van der Waals surface area contributed by atoms with Crippen LogP contribution in [0.25, 0.3) is 0 Å². The van der Waals surface area contributed by atoms with E-state index in [1.165, 1.54) is 0 Å². The van der Waals surface area contributed by atoms with Gasteiger partial charge in [-0.2, -0.15) is 35.1 Å². The summed E-state index contributed by atoms with van der Waals surface area (Å²) >= 11 is 0. The molecule has 0 rings (SSSR count). The van der Waals surface area contributed by atoms with Gasteiger partial charge in [-0.25, -0.2) is 8.78 Å². The van der Waals surface area contributed by atoms with Crippen LogP contribution >= 0.6 is 0 Å². The molecule has 0 spiro atoms. The number of alkyl halides is 10. The average molecular weight is 324 g/mol. The first-order valence-electron chi connectivity index (χ1n) is 5.03. The lowest BCUT2D eigenvalue weighted by Gasteiger charge is -2.34. The summed E-state index contributed by atoms with van der Waals surface area (Å²) in [5.41, 5.74) is 0. The highest BCUT2D eigenvalue weighted by atomic mass is 19.3. The Kier molecular flexibility index (Phi) is 5.36. The molecule has 0 saturated heterocycles. The van der Waals surface area contributed by atoms with Crippen molar-refractivity contribution >= 4 is 0 Å². The molecule has 0 N–H and O–H groups in total. The lowest BCUT2D eigenvalue weighted by molar-refractivity contribution is -0.358. The van der Waals surface area contributed by atoms with Crippen LogP contribution in [-0.2, 0) is 4.74 Å². The summed E-state index contributed by atoms with van der Waals surface area (Å²) in [6.45, 7) is -2.85. The van der Waals surface area contributed by atoms with Gasteiger partial charge in [0.2, 0.25) is 0 Å². The van der Waals surface area contributed by atoms with Crippen LogP contribution < -0.4 is 0 Å². The molecule has 2 atom stereocenters. The molecule has 0 amide bonds. The van der Waals surface area contributed by atoms with E-state index in [9.17, 15) is 43.9 Å². The second-order valence-corrected chi connectivity index (χ2v) is 3.98. The third-order valence-corrected chi connectivity index (χ3v) is 2.29. The second-order valence-electron chi connectivity index (χ2n) is 3.98. The fourth-order valence-electron chi connectivity index (χ4n) is 0.886. The summed E-state index contributed by atoms with van der Waals surface area (Å²) < 4.78 is 129. The van der Waals surface area contributed by atoms with Crippen molar-refractivity contribution in [2.45, 2.75) is 50.1 Å². The highest BCUT2D eigenvalue weighted by Crippen LogP contribution is 2.48. The Morgan fingerprint density at radius 2 is 1.20 bits per heavy atom. The molecule has 122 valence electrons. The highest BCUT2D eigenvalue weighted by molar-refractivity contribution is 4.99. The molecular weight excluding hydrogens is 314 g/mol. The molecule has 1 nitrogen and oxygen atoms in total. The summed E-state index contributed by atoms with van der Waals surface area (Å²) in [5, 5.41) is 0. The molecule has 0 aromatic rings. The topological polar surface area (TPSA) is 9.23 Å². The quantitative estimate of drug-likeness (QED) is 0.637. The minimum absolute atomic E-state index is 0.108. The molecule has 0 bridgehead atoms. The van der Waals surface area contributed by atoms with Crippen molar-refractivity contribution in [2.24, 2.45) is 0 Å². The molecule has 0 fully saturated rings. The van der Waals surface area contributed by atoms with Gasteiger partial charge in [0.25, 0.3) is 0 Å². The van der Waals surface area contributed by atoms with Crippen LogP contribution in [0, 0.1) is 0 Å². The summed E-state index contributed by atoms with van der Waals surface area (Å²) in [4.78, 5) is 0. The zero-order valence-electron chi connectivity index (χ0n) is 10.0. The van der Waals surface area contributed by atoms with Crippen molar-refractivity contribution < 1.29 is 48.6 Å². The first kappa shape index (κ1) is 19.3. The molecule has 0 aromatic carbocycles. The van der Waals surface area contributed by atoms with Crippen LogP contribution in [0.15, 0.2) is 0 Å². The Morgan fingerprint density at radius 1 is 0.800 bits per heavy atom. The molecule has 0 radical (unpaired) electrons. The van der Waals surface area contributed by atoms with Gasteiger partial charge < -0.3 is 4.74 Å². The van der Waals surface area contributed by atoms with E-state index in [4.69, 9.17) is 0 Å². The van der Waals surface area contributed by atoms with Crippen molar-refractivity contribution in [3.8, 4) is 0 Å². The molecule has 2 unspecified atom stereocenters. The highest BCUT2D eigenvalue weighted by Gasteiger charge is 2.74. The number of halogens is 10. The first-order chi connectivity index (χ1) is 8.59. The molecule has 0 aromatic heterocycles. The van der Waals surface area contributed by atoms with Gasteiger partial charge in [0.05, 0.1) is 0 Å². The van der Waals surface area contributed by atoms with Crippen molar-refractivity contribution in [3.05, 3.63) is 0 Å². The third kappa shape index (κ3) is 3.47. The Labute approximate surface area is 106 Å². The smallest absolute Gasteiger partial charge is 0.312 e. The molecule has 0 aliphatic heterocycles. The van der Waals surface area contributed by atoms with E-state index in [0.29, 0.717) is 0 Å². The van der Waals surface area contributed by atoms with Gasteiger partial charge in [0.1, 0.15) is 6.61 Å². The van der Waals surface area contributed by atoms with Gasteiger partial charge in [-0.05, 0) is 13.8 Å². The van der Waals surface area contributed by atoms with Crippen LogP contribution in [-0.4, -0.2) is 42.8 Å². The van der Waals surface area contributed by atoms with Crippen LogP contribution in [0.1, 0.15) is 13.8 Å². The van der Waals surface area contributed by atoms with E-state index in [0.717, 1.165) is 0 Å². The number of hydrogen-bond acceptors (Lipinski definition) is 1. The van der Waals surface area contributed by atoms with Gasteiger partial charge in [-0.15, -0.1) is 0 Å². The predicted octanol–water partition coefficient (Wildman–Crippen LogP) is 4.22. The van der Waals surface area contributed by atoms with Gasteiger partial charge in [-0.3, -0.25) is 0 Å². The summed E-state index contributed by atoms with van der Waals surface area (Å²) in [5.74, 6) is -18.0. The molecule has 0 heterocycles. The maximum Gasteiger partial charge on any atom is 0.386 e. The average Bonchev–Trinajstić information content (AvgIpc) is 2.25. The Bertz CT molecular complexity index is 325. The summed E-state index contributed by atoms with van der Waals surface area (Å²) in [6, 6.07) is 0. The van der Waals surface area contributed by atoms with Crippen LogP contribution in [0.5, 0.6) is 0 Å². The van der Waals surface area contributed by atoms with E-state index in [-0.39, 0.29) is 13.8 Å². The lowest BCUT2D eigenvalue weighted by atomic mass is 10.0. The summed E-state index contributed by atoms with van der Waals surface area (Å²) in [7, 11) is 0. The number of ether oxygens (including phenoxy) is 1. The standard InChI is InChI=1S/C9H10F10O/c1-4(10)7(14,15)9(18,19)6(12,13)3-20-8(16,17)5(2)11/h4-5H,3H2,1-2H3. The Hall–Kier alpha value is -0.740. The Balaban J connectivity index is 5.14. The largest absolute Gasteiger partial charge is 0.386 e. The maximum atomic E-state index is 12.9. The van der Waals surface area contributed by atoms with E-state index < -0.39 is 42.8 Å². The molecule has 20 heavy (non-hydrogen) atoms. The predicted molar refractivity (Wildman–Crippen MR) is 46.9 cm³/mol. The summed E-state index contributed by atoms with van der Waals surface area (Å²) in [6.07, 6.45) is -11.7.